The van der Waals surface area contributed by atoms with Gasteiger partial charge in [-0.15, -0.1) is 0 Å². The van der Waals surface area contributed by atoms with Gasteiger partial charge in [0, 0.05) is 25.0 Å². The van der Waals surface area contributed by atoms with Crippen LogP contribution in [-0.4, -0.2) is 38.6 Å². The lowest BCUT2D eigenvalue weighted by molar-refractivity contribution is -0.132. The lowest BCUT2D eigenvalue weighted by atomic mass is 9.96. The molecule has 0 saturated carbocycles. The summed E-state index contributed by atoms with van der Waals surface area (Å²) in [5, 5.41) is 5.02. The number of nitrogens with zero attached hydrogens (tertiary/aromatic N) is 4. The Morgan fingerprint density at radius 3 is 2.75 bits per heavy atom. The van der Waals surface area contributed by atoms with E-state index in [1.54, 1.807) is 0 Å². The quantitative estimate of drug-likeness (QED) is 0.547. The van der Waals surface area contributed by atoms with Gasteiger partial charge in [0.25, 0.3) is 0 Å². The van der Waals surface area contributed by atoms with Gasteiger partial charge in [-0.1, -0.05) is 29.4 Å². The molecule has 0 N–H and O–H groups in total. The van der Waals surface area contributed by atoms with E-state index in [0.717, 1.165) is 54.7 Å². The van der Waals surface area contributed by atoms with Gasteiger partial charge in [-0.3, -0.25) is 4.79 Å². The van der Waals surface area contributed by atoms with Crippen LogP contribution in [0.15, 0.2) is 59.4 Å². The predicted molar refractivity (Wildman–Crippen MR) is 107 cm³/mol. The van der Waals surface area contributed by atoms with Crippen molar-refractivity contribution in [1.29, 1.82) is 0 Å². The van der Waals surface area contributed by atoms with Crippen LogP contribution in [0.4, 0.5) is 0 Å². The minimum absolute atomic E-state index is 0.130. The highest BCUT2D eigenvalue weighted by Gasteiger charge is 2.24. The number of fused-ring (bicyclic) bond motifs is 2. The monoisotopic (exact) mass is 374 g/mol. The van der Waals surface area contributed by atoms with Crippen LogP contribution in [0, 0.1) is 5.92 Å². The second-order valence-electron chi connectivity index (χ2n) is 7.51. The number of carbonyl (C=O) groups is 1. The number of likely N-dealkylation sites (tertiary alicyclic amines) is 1. The van der Waals surface area contributed by atoms with Crippen LogP contribution in [0.2, 0.25) is 0 Å². The molecular weight excluding hydrogens is 352 g/mol. The molecule has 6 heteroatoms. The molecule has 0 spiro atoms. The van der Waals surface area contributed by atoms with Gasteiger partial charge in [0.05, 0.1) is 23.8 Å². The Bertz CT molecular complexity index is 1120. The number of para-hydroxylation sites is 3. The van der Waals surface area contributed by atoms with Crippen molar-refractivity contribution in [2.24, 2.45) is 5.92 Å². The first-order valence-corrected chi connectivity index (χ1v) is 9.79. The summed E-state index contributed by atoms with van der Waals surface area (Å²) in [6.45, 7) is 2.55. The zero-order chi connectivity index (χ0) is 18.9. The average molecular weight is 374 g/mol. The first-order chi connectivity index (χ1) is 13.8. The minimum atomic E-state index is 0.130. The summed E-state index contributed by atoms with van der Waals surface area (Å²) in [5.41, 5.74) is 3.68. The minimum Gasteiger partial charge on any atom is -0.356 e. The molecule has 0 unspecified atom stereocenters. The summed E-state index contributed by atoms with van der Waals surface area (Å²) < 4.78 is 7.55. The van der Waals surface area contributed by atoms with E-state index in [-0.39, 0.29) is 5.91 Å². The second kappa shape index (κ2) is 7.11. The van der Waals surface area contributed by atoms with Crippen molar-refractivity contribution in [3.05, 3.63) is 60.6 Å². The number of carbonyl (C=O) groups excluding carboxylic acids is 1. The fourth-order valence-electron chi connectivity index (χ4n) is 4.12. The first kappa shape index (κ1) is 17.0. The Morgan fingerprint density at radius 2 is 1.86 bits per heavy atom. The van der Waals surface area contributed by atoms with E-state index in [0.29, 0.717) is 12.3 Å². The van der Waals surface area contributed by atoms with E-state index in [4.69, 9.17) is 4.52 Å². The zero-order valence-corrected chi connectivity index (χ0v) is 15.6. The fourth-order valence-corrected chi connectivity index (χ4v) is 4.12. The third-order valence-corrected chi connectivity index (χ3v) is 5.72. The molecule has 1 aliphatic rings. The molecule has 2 aromatic heterocycles. The topological polar surface area (TPSA) is 64.2 Å². The summed E-state index contributed by atoms with van der Waals surface area (Å²) in [6.07, 6.45) is 4.25. The summed E-state index contributed by atoms with van der Waals surface area (Å²) >= 11 is 0. The number of hydrogen-bond acceptors (Lipinski definition) is 4. The third-order valence-electron chi connectivity index (χ3n) is 5.72. The van der Waals surface area contributed by atoms with Crippen molar-refractivity contribution >= 4 is 27.9 Å². The van der Waals surface area contributed by atoms with Crippen molar-refractivity contribution in [1.82, 2.24) is 19.6 Å². The summed E-state index contributed by atoms with van der Waals surface area (Å²) in [5.74, 6) is 0.695. The summed E-state index contributed by atoms with van der Waals surface area (Å²) in [7, 11) is 0. The van der Waals surface area contributed by atoms with E-state index < -0.39 is 0 Å². The number of amides is 1. The lowest BCUT2D eigenvalue weighted by Crippen LogP contribution is -2.40. The van der Waals surface area contributed by atoms with Gasteiger partial charge in [0.15, 0.2) is 5.58 Å². The summed E-state index contributed by atoms with van der Waals surface area (Å²) in [4.78, 5) is 19.2. The highest BCUT2D eigenvalue weighted by molar-refractivity contribution is 5.86. The number of hydrogen-bond donors (Lipinski definition) is 0. The highest BCUT2D eigenvalue weighted by atomic mass is 16.5. The fraction of sp³-hybridized carbons (Fsp3) is 0.318. The molecule has 0 aliphatic carbocycles. The maximum absolute atomic E-state index is 12.7. The second-order valence-corrected chi connectivity index (χ2v) is 7.51. The van der Waals surface area contributed by atoms with E-state index in [1.165, 1.54) is 5.52 Å². The van der Waals surface area contributed by atoms with Gasteiger partial charge >= 0.3 is 0 Å². The van der Waals surface area contributed by atoms with Gasteiger partial charge in [-0.05, 0) is 43.0 Å². The molecule has 5 rings (SSSR count). The molecule has 1 fully saturated rings. The van der Waals surface area contributed by atoms with Crippen LogP contribution >= 0.6 is 0 Å². The van der Waals surface area contributed by atoms with Gasteiger partial charge in [0.1, 0.15) is 5.69 Å². The molecule has 1 aliphatic heterocycles. The molecule has 3 heterocycles. The van der Waals surface area contributed by atoms with Crippen LogP contribution in [-0.2, 0) is 17.8 Å². The third kappa shape index (κ3) is 3.15. The maximum atomic E-state index is 12.7. The number of imidazole rings is 1. The van der Waals surface area contributed by atoms with Gasteiger partial charge in [-0.25, -0.2) is 4.98 Å². The van der Waals surface area contributed by atoms with Gasteiger partial charge in [0.2, 0.25) is 5.91 Å². The number of aromatic nitrogens is 3. The molecule has 142 valence electrons. The van der Waals surface area contributed by atoms with Gasteiger partial charge in [-0.2, -0.15) is 0 Å². The van der Waals surface area contributed by atoms with Crippen molar-refractivity contribution in [3.8, 4) is 0 Å². The Kier molecular flexibility index (Phi) is 4.31. The SMILES string of the molecule is O=C(Cc1noc2ccccc12)N1CCC(Cn2cnc3ccccc32)CC1. The molecule has 1 amide bonds. The van der Waals surface area contributed by atoms with Crippen molar-refractivity contribution in [3.63, 3.8) is 0 Å². The number of piperidine rings is 1. The van der Waals surface area contributed by atoms with Crippen LogP contribution in [0.3, 0.4) is 0 Å². The highest BCUT2D eigenvalue weighted by Crippen LogP contribution is 2.23. The Hall–Kier alpha value is -3.15. The van der Waals surface area contributed by atoms with Crippen molar-refractivity contribution in [2.75, 3.05) is 13.1 Å². The van der Waals surface area contributed by atoms with Crippen LogP contribution < -0.4 is 0 Å². The molecule has 6 nitrogen and oxygen atoms in total. The molecule has 28 heavy (non-hydrogen) atoms. The lowest BCUT2D eigenvalue weighted by Gasteiger charge is -2.32. The van der Waals surface area contributed by atoms with E-state index in [2.05, 4.69) is 26.8 Å². The van der Waals surface area contributed by atoms with E-state index >= 15 is 0 Å². The molecule has 1 saturated heterocycles. The van der Waals surface area contributed by atoms with Crippen molar-refractivity contribution < 1.29 is 9.32 Å². The number of rotatable bonds is 4. The normalized spacial score (nSPS) is 15.5. The maximum Gasteiger partial charge on any atom is 0.228 e. The van der Waals surface area contributed by atoms with Crippen molar-refractivity contribution in [2.45, 2.75) is 25.8 Å². The molecule has 0 radical (unpaired) electrons. The van der Waals surface area contributed by atoms with Crippen LogP contribution in [0.25, 0.3) is 22.0 Å². The molecular formula is C22H22N4O2. The summed E-state index contributed by atoms with van der Waals surface area (Å²) in [6, 6.07) is 15.9. The zero-order valence-electron chi connectivity index (χ0n) is 15.6. The average Bonchev–Trinajstić information content (AvgIpc) is 3.33. The Labute approximate surface area is 162 Å². The van der Waals surface area contributed by atoms with Crippen LogP contribution in [0.5, 0.6) is 0 Å². The Morgan fingerprint density at radius 1 is 1.07 bits per heavy atom. The first-order valence-electron chi connectivity index (χ1n) is 9.79. The van der Waals surface area contributed by atoms with E-state index in [9.17, 15) is 4.79 Å². The standard InChI is InChI=1S/C22H22N4O2/c27-22(13-19-17-5-1-4-8-21(17)28-24-19)25-11-9-16(10-12-25)14-26-15-23-18-6-2-3-7-20(18)26/h1-8,15-16H,9-14H2. The molecule has 2 aromatic carbocycles. The Balaban J connectivity index is 1.20. The van der Waals surface area contributed by atoms with E-state index in [1.807, 2.05) is 47.6 Å². The van der Waals surface area contributed by atoms with Crippen LogP contribution in [0.1, 0.15) is 18.5 Å². The molecule has 0 atom stereocenters. The van der Waals surface area contributed by atoms with Gasteiger partial charge < -0.3 is 14.0 Å². The number of benzene rings is 2. The molecule has 4 aromatic rings. The largest absolute Gasteiger partial charge is 0.356 e. The molecule has 0 bridgehead atoms. The predicted octanol–water partition coefficient (Wildman–Crippen LogP) is 3.66. The smallest absolute Gasteiger partial charge is 0.228 e.